The third kappa shape index (κ3) is 2.80. The average Bonchev–Trinajstić information content (AvgIpc) is 3.26. The summed E-state index contributed by atoms with van der Waals surface area (Å²) in [4.78, 5) is 23.9. The number of carbonyl (C=O) groups is 2. The molecule has 1 amide bonds. The van der Waals surface area contributed by atoms with Gasteiger partial charge in [-0.3, -0.25) is 4.79 Å². The zero-order valence-electron chi connectivity index (χ0n) is 14.0. The lowest BCUT2D eigenvalue weighted by molar-refractivity contribution is -0.110. The first kappa shape index (κ1) is 15.9. The highest BCUT2D eigenvalue weighted by Crippen LogP contribution is 2.33. The molecule has 0 atom stereocenters. The van der Waals surface area contributed by atoms with Gasteiger partial charge in [0.05, 0.1) is 24.5 Å². The molecule has 3 aromatic rings. The topological polar surface area (TPSA) is 68.5 Å². The van der Waals surface area contributed by atoms with E-state index in [0.29, 0.717) is 16.9 Å². The predicted octanol–water partition coefficient (Wildman–Crippen LogP) is 4.23. The molecule has 128 valence electrons. The molecule has 2 aromatic carbocycles. The lowest BCUT2D eigenvalue weighted by Gasteiger charge is -2.01. The second-order valence-electron chi connectivity index (χ2n) is 5.87. The van der Waals surface area contributed by atoms with Gasteiger partial charge in [0, 0.05) is 16.8 Å². The maximum absolute atomic E-state index is 12.2. The number of anilines is 1. The van der Waals surface area contributed by atoms with E-state index < -0.39 is 5.97 Å². The Bertz CT molecular complexity index is 1050. The lowest BCUT2D eigenvalue weighted by atomic mass is 10.0. The number of carbonyl (C=O) groups excluding carboxylic acids is 2. The minimum atomic E-state index is -0.392. The molecule has 1 aliphatic heterocycles. The molecule has 5 heteroatoms. The van der Waals surface area contributed by atoms with Crippen LogP contribution in [0.4, 0.5) is 5.69 Å². The molecular formula is C21H15NO4. The van der Waals surface area contributed by atoms with Crippen molar-refractivity contribution in [3.05, 3.63) is 77.7 Å². The zero-order chi connectivity index (χ0) is 18.1. The molecule has 0 bridgehead atoms. The minimum absolute atomic E-state index is 0.156. The Morgan fingerprint density at radius 2 is 1.92 bits per heavy atom. The van der Waals surface area contributed by atoms with Gasteiger partial charge in [0.2, 0.25) is 0 Å². The van der Waals surface area contributed by atoms with Crippen LogP contribution in [0.2, 0.25) is 0 Å². The van der Waals surface area contributed by atoms with Gasteiger partial charge in [-0.2, -0.15) is 0 Å². The number of hydrogen-bond acceptors (Lipinski definition) is 4. The summed E-state index contributed by atoms with van der Waals surface area (Å²) in [6.45, 7) is 0. The number of amides is 1. The van der Waals surface area contributed by atoms with E-state index in [1.165, 1.54) is 7.11 Å². The first-order valence-corrected chi connectivity index (χ1v) is 8.05. The predicted molar refractivity (Wildman–Crippen MR) is 98.4 cm³/mol. The number of methoxy groups -OCH3 is 1. The SMILES string of the molecule is COC(=O)c1cccc(-c2coc(C=C3C(=O)Nc4ccccc43)c2)c1. The van der Waals surface area contributed by atoms with Crippen molar-refractivity contribution in [2.45, 2.75) is 0 Å². The van der Waals surface area contributed by atoms with E-state index in [1.807, 2.05) is 36.4 Å². The lowest BCUT2D eigenvalue weighted by Crippen LogP contribution is -2.03. The van der Waals surface area contributed by atoms with Crippen LogP contribution in [-0.2, 0) is 9.53 Å². The molecule has 1 aromatic heterocycles. The van der Waals surface area contributed by atoms with Crippen LogP contribution in [0.5, 0.6) is 0 Å². The summed E-state index contributed by atoms with van der Waals surface area (Å²) in [5, 5.41) is 2.83. The van der Waals surface area contributed by atoms with Crippen LogP contribution in [0, 0.1) is 0 Å². The molecule has 0 fully saturated rings. The molecule has 4 rings (SSSR count). The van der Waals surface area contributed by atoms with E-state index in [2.05, 4.69) is 5.32 Å². The van der Waals surface area contributed by atoms with Crippen LogP contribution in [0.1, 0.15) is 21.7 Å². The summed E-state index contributed by atoms with van der Waals surface area (Å²) >= 11 is 0. The number of para-hydroxylation sites is 1. The van der Waals surface area contributed by atoms with Crippen LogP contribution in [0.25, 0.3) is 22.8 Å². The highest BCUT2D eigenvalue weighted by Gasteiger charge is 2.23. The Labute approximate surface area is 149 Å². The summed E-state index contributed by atoms with van der Waals surface area (Å²) in [5.41, 5.74) is 4.32. The number of ether oxygens (including phenoxy) is 1. The molecule has 0 spiro atoms. The van der Waals surface area contributed by atoms with E-state index in [1.54, 1.807) is 30.5 Å². The van der Waals surface area contributed by atoms with Gasteiger partial charge in [0.15, 0.2) is 0 Å². The molecule has 1 N–H and O–H groups in total. The molecule has 26 heavy (non-hydrogen) atoms. The summed E-state index contributed by atoms with van der Waals surface area (Å²) in [5.74, 6) is 0.0130. The average molecular weight is 345 g/mol. The fourth-order valence-electron chi connectivity index (χ4n) is 2.95. The van der Waals surface area contributed by atoms with E-state index in [9.17, 15) is 9.59 Å². The van der Waals surface area contributed by atoms with Gasteiger partial charge in [0.1, 0.15) is 5.76 Å². The Morgan fingerprint density at radius 3 is 2.77 bits per heavy atom. The van der Waals surface area contributed by atoms with Gasteiger partial charge >= 0.3 is 5.97 Å². The number of esters is 1. The highest BCUT2D eigenvalue weighted by atomic mass is 16.5. The zero-order valence-corrected chi connectivity index (χ0v) is 14.0. The second-order valence-corrected chi connectivity index (χ2v) is 5.87. The first-order valence-electron chi connectivity index (χ1n) is 8.05. The fourth-order valence-corrected chi connectivity index (χ4v) is 2.95. The third-order valence-corrected chi connectivity index (χ3v) is 4.23. The maximum Gasteiger partial charge on any atom is 0.337 e. The van der Waals surface area contributed by atoms with Crippen LogP contribution in [-0.4, -0.2) is 19.0 Å². The molecule has 1 aliphatic rings. The van der Waals surface area contributed by atoms with E-state index in [-0.39, 0.29) is 5.91 Å². The Morgan fingerprint density at radius 1 is 1.08 bits per heavy atom. The van der Waals surface area contributed by atoms with Crippen molar-refractivity contribution in [3.63, 3.8) is 0 Å². The minimum Gasteiger partial charge on any atom is -0.465 e. The van der Waals surface area contributed by atoms with Gasteiger partial charge in [0.25, 0.3) is 5.91 Å². The number of benzene rings is 2. The molecule has 0 unspecified atom stereocenters. The van der Waals surface area contributed by atoms with Gasteiger partial charge in [-0.05, 0) is 35.9 Å². The molecule has 0 saturated carbocycles. The molecule has 5 nitrogen and oxygen atoms in total. The number of furan rings is 1. The van der Waals surface area contributed by atoms with Gasteiger partial charge < -0.3 is 14.5 Å². The quantitative estimate of drug-likeness (QED) is 0.570. The van der Waals surface area contributed by atoms with Gasteiger partial charge in [-0.25, -0.2) is 4.79 Å². The molecule has 0 aliphatic carbocycles. The van der Waals surface area contributed by atoms with Crippen LogP contribution in [0.3, 0.4) is 0 Å². The highest BCUT2D eigenvalue weighted by molar-refractivity contribution is 6.34. The van der Waals surface area contributed by atoms with E-state index in [4.69, 9.17) is 9.15 Å². The number of hydrogen-bond donors (Lipinski definition) is 1. The maximum atomic E-state index is 12.2. The smallest absolute Gasteiger partial charge is 0.337 e. The van der Waals surface area contributed by atoms with Crippen LogP contribution < -0.4 is 5.32 Å². The summed E-state index contributed by atoms with van der Waals surface area (Å²) in [6.07, 6.45) is 3.32. The molecule has 0 saturated heterocycles. The standard InChI is InChI=1S/C21H15NO4/c1-25-21(24)14-6-4-5-13(9-14)15-10-16(26-12-15)11-18-17-7-2-3-8-19(17)22-20(18)23/h2-12H,1H3,(H,22,23). The summed E-state index contributed by atoms with van der Waals surface area (Å²) < 4.78 is 10.3. The monoisotopic (exact) mass is 345 g/mol. The van der Waals surface area contributed by atoms with Gasteiger partial charge in [-0.1, -0.05) is 30.3 Å². The first-order chi connectivity index (χ1) is 12.7. The molecular weight excluding hydrogens is 330 g/mol. The molecule has 0 radical (unpaired) electrons. The van der Waals surface area contributed by atoms with Crippen molar-refractivity contribution in [2.24, 2.45) is 0 Å². The van der Waals surface area contributed by atoms with Crippen molar-refractivity contribution in [1.29, 1.82) is 0 Å². The van der Waals surface area contributed by atoms with Crippen molar-refractivity contribution < 1.29 is 18.7 Å². The van der Waals surface area contributed by atoms with Crippen LogP contribution >= 0.6 is 0 Å². The normalized spacial score (nSPS) is 14.2. The summed E-state index contributed by atoms with van der Waals surface area (Å²) in [7, 11) is 1.35. The Balaban J connectivity index is 1.68. The van der Waals surface area contributed by atoms with Crippen molar-refractivity contribution in [2.75, 3.05) is 12.4 Å². The summed E-state index contributed by atoms with van der Waals surface area (Å²) in [6, 6.07) is 16.4. The number of nitrogens with one attached hydrogen (secondary N) is 1. The largest absolute Gasteiger partial charge is 0.465 e. The number of fused-ring (bicyclic) bond motifs is 1. The third-order valence-electron chi connectivity index (χ3n) is 4.23. The number of rotatable bonds is 3. The van der Waals surface area contributed by atoms with E-state index in [0.717, 1.165) is 22.4 Å². The second kappa shape index (κ2) is 6.37. The molecule has 2 heterocycles. The van der Waals surface area contributed by atoms with Crippen molar-refractivity contribution >= 4 is 29.2 Å². The van der Waals surface area contributed by atoms with Crippen molar-refractivity contribution in [1.82, 2.24) is 0 Å². The van der Waals surface area contributed by atoms with Crippen LogP contribution in [0.15, 0.2) is 65.3 Å². The van der Waals surface area contributed by atoms with E-state index >= 15 is 0 Å². The van der Waals surface area contributed by atoms with Crippen molar-refractivity contribution in [3.8, 4) is 11.1 Å². The van der Waals surface area contributed by atoms with Gasteiger partial charge in [-0.15, -0.1) is 0 Å². The fraction of sp³-hybridized carbons (Fsp3) is 0.0476. The Hall–Kier alpha value is -3.60. The Kier molecular flexibility index (Phi) is 3.89.